The van der Waals surface area contributed by atoms with Crippen molar-refractivity contribution in [2.24, 2.45) is 11.8 Å². The molecule has 3 saturated heterocycles. The van der Waals surface area contributed by atoms with Crippen LogP contribution in [0.15, 0.2) is 25.3 Å². The van der Waals surface area contributed by atoms with E-state index in [0.29, 0.717) is 32.2 Å². The van der Waals surface area contributed by atoms with E-state index in [9.17, 15) is 19.5 Å². The predicted molar refractivity (Wildman–Crippen MR) is 132 cm³/mol. The number of likely N-dealkylation sites (tertiary alicyclic amines) is 1. The highest BCUT2D eigenvalue weighted by atomic mass is 16.6. The molecule has 0 aromatic carbocycles. The second-order valence-corrected chi connectivity index (χ2v) is 10.1. The Morgan fingerprint density at radius 3 is 2.69 bits per heavy atom. The second-order valence-electron chi connectivity index (χ2n) is 10.1. The van der Waals surface area contributed by atoms with Crippen molar-refractivity contribution in [3.63, 3.8) is 0 Å². The third-order valence-electron chi connectivity index (χ3n) is 7.96. The molecule has 3 heterocycles. The highest BCUT2D eigenvalue weighted by Gasteiger charge is 2.75. The summed E-state index contributed by atoms with van der Waals surface area (Å²) < 4.78 is 12.0. The van der Waals surface area contributed by atoms with Gasteiger partial charge in [0.15, 0.2) is 0 Å². The summed E-state index contributed by atoms with van der Waals surface area (Å²) in [6.07, 6.45) is 7.75. The van der Waals surface area contributed by atoms with E-state index < -0.39 is 41.6 Å². The molecular formula is C27H42N2O6. The Hall–Kier alpha value is -2.19. The summed E-state index contributed by atoms with van der Waals surface area (Å²) >= 11 is 0. The Bertz CT molecular complexity index is 811. The number of amides is 2. The Morgan fingerprint density at radius 2 is 2.09 bits per heavy atom. The van der Waals surface area contributed by atoms with Crippen molar-refractivity contribution < 1.29 is 29.0 Å². The maximum atomic E-state index is 14.2. The zero-order chi connectivity index (χ0) is 25.8. The monoisotopic (exact) mass is 490 g/mol. The van der Waals surface area contributed by atoms with Crippen LogP contribution in [0.4, 0.5) is 0 Å². The second kappa shape index (κ2) is 11.7. The van der Waals surface area contributed by atoms with Crippen LogP contribution < -0.4 is 0 Å². The molecule has 8 nitrogen and oxygen atoms in total. The summed E-state index contributed by atoms with van der Waals surface area (Å²) in [5, 5.41) is 10.1. The van der Waals surface area contributed by atoms with Crippen molar-refractivity contribution in [3.05, 3.63) is 25.3 Å². The normalized spacial score (nSPS) is 30.6. The Labute approximate surface area is 209 Å². The van der Waals surface area contributed by atoms with Gasteiger partial charge in [0, 0.05) is 12.6 Å². The molecule has 1 spiro atoms. The number of aliphatic hydroxyl groups excluding tert-OH is 1. The first-order chi connectivity index (χ1) is 16.8. The highest BCUT2D eigenvalue weighted by Crippen LogP contribution is 2.59. The van der Waals surface area contributed by atoms with E-state index >= 15 is 0 Å². The first-order valence-corrected chi connectivity index (χ1v) is 13.1. The number of unbranched alkanes of at least 4 members (excludes halogenated alkanes) is 1. The molecule has 3 fully saturated rings. The minimum atomic E-state index is -1.09. The van der Waals surface area contributed by atoms with Gasteiger partial charge in [0.25, 0.3) is 0 Å². The van der Waals surface area contributed by atoms with Crippen LogP contribution in [0.25, 0.3) is 0 Å². The number of hydrogen-bond donors (Lipinski definition) is 1. The molecule has 3 unspecified atom stereocenters. The Morgan fingerprint density at radius 1 is 1.34 bits per heavy atom. The lowest BCUT2D eigenvalue weighted by Crippen LogP contribution is -2.60. The molecule has 0 aromatic heterocycles. The molecule has 7 atom stereocenters. The van der Waals surface area contributed by atoms with Crippen LogP contribution in [-0.4, -0.2) is 82.3 Å². The van der Waals surface area contributed by atoms with Crippen molar-refractivity contribution in [1.29, 1.82) is 0 Å². The zero-order valence-corrected chi connectivity index (χ0v) is 21.5. The van der Waals surface area contributed by atoms with Gasteiger partial charge in [0.1, 0.15) is 11.6 Å². The fourth-order valence-electron chi connectivity index (χ4n) is 6.30. The van der Waals surface area contributed by atoms with Crippen LogP contribution in [0.2, 0.25) is 0 Å². The van der Waals surface area contributed by atoms with Crippen molar-refractivity contribution in [2.75, 3.05) is 19.8 Å². The number of rotatable bonds is 14. The summed E-state index contributed by atoms with van der Waals surface area (Å²) in [6.45, 7) is 13.8. The number of carbonyl (C=O) groups is 3. The molecule has 2 amide bonds. The molecule has 3 aliphatic rings. The van der Waals surface area contributed by atoms with Gasteiger partial charge in [0.05, 0.1) is 37.2 Å². The maximum absolute atomic E-state index is 14.2. The molecule has 3 aliphatic heterocycles. The fourth-order valence-corrected chi connectivity index (χ4v) is 6.30. The summed E-state index contributed by atoms with van der Waals surface area (Å²) in [5.41, 5.74) is -1.09. The van der Waals surface area contributed by atoms with Gasteiger partial charge >= 0.3 is 5.97 Å². The lowest BCUT2D eigenvalue weighted by molar-refractivity contribution is -0.157. The minimum Gasteiger partial charge on any atom is -0.465 e. The quantitative estimate of drug-likeness (QED) is 0.229. The molecule has 0 aromatic rings. The first kappa shape index (κ1) is 27.4. The van der Waals surface area contributed by atoms with Gasteiger partial charge in [-0.15, -0.1) is 13.2 Å². The highest BCUT2D eigenvalue weighted by molar-refractivity contribution is 5.98. The van der Waals surface area contributed by atoms with Gasteiger partial charge in [-0.05, 0) is 45.4 Å². The van der Waals surface area contributed by atoms with Crippen LogP contribution in [-0.2, 0) is 23.9 Å². The average Bonchev–Trinajstić information content (AvgIpc) is 3.48. The maximum Gasteiger partial charge on any atom is 0.312 e. The SMILES string of the molecule is C=CCCCOC(=O)[C@@H]1[C@@H]2CCC3(O2)C(C(=O)N(CC=C)C(C)CCC)N([C@@H](CC)CO)C(=O)[C@H]13. The van der Waals surface area contributed by atoms with E-state index in [4.69, 9.17) is 9.47 Å². The van der Waals surface area contributed by atoms with Gasteiger partial charge in [-0.2, -0.15) is 0 Å². The van der Waals surface area contributed by atoms with E-state index in [1.165, 1.54) is 4.90 Å². The molecule has 35 heavy (non-hydrogen) atoms. The number of nitrogens with zero attached hydrogens (tertiary/aromatic N) is 2. The molecule has 3 rings (SSSR count). The number of hydrogen-bond acceptors (Lipinski definition) is 6. The molecular weight excluding hydrogens is 448 g/mol. The Balaban J connectivity index is 1.99. The largest absolute Gasteiger partial charge is 0.465 e. The van der Waals surface area contributed by atoms with E-state index in [-0.39, 0.29) is 31.1 Å². The molecule has 196 valence electrons. The summed E-state index contributed by atoms with van der Waals surface area (Å²) in [6, 6.07) is -1.47. The summed E-state index contributed by atoms with van der Waals surface area (Å²) in [4.78, 5) is 44.6. The minimum absolute atomic E-state index is 0.0451. The van der Waals surface area contributed by atoms with Gasteiger partial charge in [-0.3, -0.25) is 14.4 Å². The molecule has 8 heteroatoms. The standard InChI is InChI=1S/C27H42N2O6/c1-6-10-11-16-34-26(33)21-20-13-14-27(35-20)22(21)24(31)29(19(9-4)17-30)23(27)25(32)28(15-8-3)18(5)12-7-2/h6,8,18-23,30H,1,3,7,9-17H2,2,4-5H3/t18?,19-,20-,21+,22-,23?,27?/m0/s1. The molecule has 0 saturated carbocycles. The van der Waals surface area contributed by atoms with E-state index in [1.54, 1.807) is 17.1 Å². The first-order valence-electron chi connectivity index (χ1n) is 13.1. The average molecular weight is 491 g/mol. The number of carbonyl (C=O) groups excluding carboxylic acids is 3. The Kier molecular flexibility index (Phi) is 9.16. The van der Waals surface area contributed by atoms with Crippen LogP contribution in [0, 0.1) is 11.8 Å². The third kappa shape index (κ3) is 4.79. The topological polar surface area (TPSA) is 96.4 Å². The van der Waals surface area contributed by atoms with Gasteiger partial charge in [-0.25, -0.2) is 0 Å². The zero-order valence-electron chi connectivity index (χ0n) is 21.5. The van der Waals surface area contributed by atoms with E-state index in [2.05, 4.69) is 20.1 Å². The number of allylic oxidation sites excluding steroid dienone is 1. The summed E-state index contributed by atoms with van der Waals surface area (Å²) in [7, 11) is 0. The van der Waals surface area contributed by atoms with Gasteiger partial charge < -0.3 is 24.4 Å². The smallest absolute Gasteiger partial charge is 0.312 e. The molecule has 0 radical (unpaired) electrons. The van der Waals surface area contributed by atoms with Crippen molar-refractivity contribution in [2.45, 2.75) is 95.5 Å². The van der Waals surface area contributed by atoms with E-state index in [1.807, 2.05) is 13.8 Å². The number of aliphatic hydroxyl groups is 1. The third-order valence-corrected chi connectivity index (χ3v) is 7.96. The van der Waals surface area contributed by atoms with Crippen molar-refractivity contribution in [3.8, 4) is 0 Å². The van der Waals surface area contributed by atoms with E-state index in [0.717, 1.165) is 19.3 Å². The molecule has 1 N–H and O–H groups in total. The molecule has 2 bridgehead atoms. The lowest BCUT2D eigenvalue weighted by atomic mass is 9.70. The van der Waals surface area contributed by atoms with Gasteiger partial charge in [0.2, 0.25) is 11.8 Å². The predicted octanol–water partition coefficient (Wildman–Crippen LogP) is 2.84. The van der Waals surface area contributed by atoms with Crippen LogP contribution in [0.3, 0.4) is 0 Å². The molecule has 0 aliphatic carbocycles. The van der Waals surface area contributed by atoms with Crippen molar-refractivity contribution in [1.82, 2.24) is 9.80 Å². The fraction of sp³-hybridized carbons (Fsp3) is 0.741. The van der Waals surface area contributed by atoms with Crippen molar-refractivity contribution >= 4 is 17.8 Å². The van der Waals surface area contributed by atoms with Gasteiger partial charge in [-0.1, -0.05) is 32.4 Å². The van der Waals surface area contributed by atoms with Crippen LogP contribution in [0.5, 0.6) is 0 Å². The van der Waals surface area contributed by atoms with Crippen LogP contribution >= 0.6 is 0 Å². The lowest BCUT2D eigenvalue weighted by Gasteiger charge is -2.40. The summed E-state index contributed by atoms with van der Waals surface area (Å²) in [5.74, 6) is -2.45. The number of esters is 1. The number of fused-ring (bicyclic) bond motifs is 1. The van der Waals surface area contributed by atoms with Crippen LogP contribution in [0.1, 0.15) is 65.7 Å². The number of ether oxygens (including phenoxy) is 2.